The van der Waals surface area contributed by atoms with Gasteiger partial charge in [-0.3, -0.25) is 0 Å². The van der Waals surface area contributed by atoms with Crippen molar-refractivity contribution >= 4 is 162 Å². The molecular formula is C120H70N4. The van der Waals surface area contributed by atoms with E-state index in [0.29, 0.717) is 0 Å². The van der Waals surface area contributed by atoms with Crippen LogP contribution in [0.1, 0.15) is 134 Å². The molecule has 18 aliphatic rings. The summed E-state index contributed by atoms with van der Waals surface area (Å²) < 4.78 is 0. The first-order valence-electron chi connectivity index (χ1n) is 43.4. The Balaban J connectivity index is 0.775. The molecule has 0 radical (unpaired) electrons. The minimum atomic E-state index is -0.824. The highest BCUT2D eigenvalue weighted by Crippen LogP contribution is 2.71. The zero-order valence-corrected chi connectivity index (χ0v) is 67.2. The Morgan fingerprint density at radius 1 is 0.177 bits per heavy atom. The molecule has 0 saturated carbocycles. The van der Waals surface area contributed by atoms with E-state index in [2.05, 4.69) is 423 Å². The number of H-pyrrole nitrogens is 2. The highest BCUT2D eigenvalue weighted by Gasteiger charge is 2.55. The van der Waals surface area contributed by atoms with Gasteiger partial charge in [0.05, 0.1) is 44.4 Å². The minimum Gasteiger partial charge on any atom is -0.354 e. The standard InChI is InChI=1S/C120H70N4/c1-9-29-77-69(21-1)61-97-85(77)37-17-57-117(97)93(45-41-89-81-33-13-5-25-73(81)65-101(89)117)113-105-49-51-107(121-105)114(94-46-42-90-82-34-14-6-26-74(82)66-102(90)118(94)58-18-38-86-78-30-10-2-22-70(78)62-98(86)118)109-53-55-111(123-109)116(96-48-44-92-84-36-16-8-28-76(84)68-104(92)120(96)60-20-40-88-80-32-12-4-24-72(80)64-100(88)120)112-56-54-110(124-112)115(108-52-50-106(113)122-108)95-47-43-91-83-35-15-7-27-75(83)67-103(91)119(95)59-19-39-87-79-31-11-3-23-71(79)63-99(87)119/h1-68,121,124H. The molecule has 4 unspecified atom stereocenters. The topological polar surface area (TPSA) is 57.4 Å². The van der Waals surface area contributed by atoms with Crippen molar-refractivity contribution in [2.45, 2.75) is 0 Å². The van der Waals surface area contributed by atoms with Crippen LogP contribution in [0.4, 0.5) is 0 Å². The molecule has 8 bridgehead atoms. The number of nitrogens with zero attached hydrogens (tertiary/aromatic N) is 2. The van der Waals surface area contributed by atoms with Crippen LogP contribution >= 0.6 is 0 Å². The van der Waals surface area contributed by atoms with E-state index in [1.165, 1.54) is 178 Å². The lowest BCUT2D eigenvalue weighted by Crippen LogP contribution is -2.29. The fourth-order valence-corrected chi connectivity index (χ4v) is 24.6. The number of fused-ring (bicyclic) bond motifs is 40. The summed E-state index contributed by atoms with van der Waals surface area (Å²) >= 11 is 0. The molecule has 4 atom stereocenters. The number of aromatic nitrogens is 4. The lowest BCUT2D eigenvalue weighted by atomic mass is 9.59. The van der Waals surface area contributed by atoms with Crippen LogP contribution in [-0.2, 0) is 0 Å². The molecule has 0 amide bonds. The van der Waals surface area contributed by atoms with E-state index >= 15 is 0 Å². The third-order valence-electron chi connectivity index (χ3n) is 29.8. The van der Waals surface area contributed by atoms with Crippen molar-refractivity contribution in [3.63, 3.8) is 0 Å². The lowest BCUT2D eigenvalue weighted by Gasteiger charge is -2.42. The van der Waals surface area contributed by atoms with Gasteiger partial charge in [-0.1, -0.05) is 316 Å². The molecule has 16 aliphatic carbocycles. The van der Waals surface area contributed by atoms with E-state index < -0.39 is 21.7 Å². The number of aromatic amines is 2. The maximum absolute atomic E-state index is 6.45. The lowest BCUT2D eigenvalue weighted by molar-refractivity contribution is 0.777. The average molecular weight is 1570 g/mol. The van der Waals surface area contributed by atoms with Gasteiger partial charge in [0.2, 0.25) is 0 Å². The average Bonchev–Trinajstić information content (AvgIpc) is 1.51. The molecule has 4 nitrogen and oxygen atoms in total. The first-order valence-corrected chi connectivity index (χ1v) is 43.4. The van der Waals surface area contributed by atoms with Crippen molar-refractivity contribution < 1.29 is 0 Å². The van der Waals surface area contributed by atoms with Crippen LogP contribution in [0.2, 0.25) is 0 Å². The zero-order chi connectivity index (χ0) is 80.6. The van der Waals surface area contributed by atoms with Gasteiger partial charge < -0.3 is 9.97 Å². The first-order chi connectivity index (χ1) is 61.4. The zero-order valence-electron chi connectivity index (χ0n) is 67.2. The quantitative estimate of drug-likeness (QED) is 0.184. The smallest absolute Gasteiger partial charge is 0.0734 e. The summed E-state index contributed by atoms with van der Waals surface area (Å²) in [6.07, 6.45) is 77.3. The number of nitrogens with one attached hydrogen (secondary N) is 2. The van der Waals surface area contributed by atoms with E-state index in [1.807, 2.05) is 0 Å². The van der Waals surface area contributed by atoms with E-state index in [4.69, 9.17) is 9.97 Å². The van der Waals surface area contributed by atoms with Crippen LogP contribution in [0, 0.1) is 21.7 Å². The Hall–Kier alpha value is -15.9. The normalized spacial score (nSPS) is 22.8. The third kappa shape index (κ3) is 8.47. The van der Waals surface area contributed by atoms with Gasteiger partial charge in [-0.25, -0.2) is 9.97 Å². The highest BCUT2D eigenvalue weighted by molar-refractivity contribution is 6.19. The number of hydrogen-bond acceptors (Lipinski definition) is 2. The molecule has 11 aromatic rings. The van der Waals surface area contributed by atoms with Crippen molar-refractivity contribution in [2.24, 2.45) is 21.7 Å². The second-order valence-electron chi connectivity index (χ2n) is 35.3. The van der Waals surface area contributed by atoms with Gasteiger partial charge in [0.25, 0.3) is 0 Å². The van der Waals surface area contributed by atoms with Crippen LogP contribution in [0.3, 0.4) is 0 Å². The van der Waals surface area contributed by atoms with E-state index in [9.17, 15) is 0 Å². The van der Waals surface area contributed by atoms with Crippen LogP contribution in [0.25, 0.3) is 162 Å². The molecule has 4 heteroatoms. The van der Waals surface area contributed by atoms with Crippen LogP contribution in [0.5, 0.6) is 0 Å². The molecule has 124 heavy (non-hydrogen) atoms. The summed E-state index contributed by atoms with van der Waals surface area (Å²) in [4.78, 5) is 21.8. The van der Waals surface area contributed by atoms with Crippen molar-refractivity contribution in [3.8, 4) is 0 Å². The molecule has 8 aromatic carbocycles. The van der Waals surface area contributed by atoms with Crippen molar-refractivity contribution in [1.82, 2.24) is 19.9 Å². The maximum Gasteiger partial charge on any atom is 0.0734 e. The summed E-state index contributed by atoms with van der Waals surface area (Å²) in [6, 6.07) is 81.2. The molecule has 570 valence electrons. The molecule has 0 saturated heterocycles. The highest BCUT2D eigenvalue weighted by atomic mass is 14.8. The van der Waals surface area contributed by atoms with Gasteiger partial charge in [-0.05, 0) is 298 Å². The van der Waals surface area contributed by atoms with Gasteiger partial charge in [0.15, 0.2) is 0 Å². The number of hydrogen-bond donors (Lipinski definition) is 2. The van der Waals surface area contributed by atoms with Gasteiger partial charge in [-0.15, -0.1) is 0 Å². The van der Waals surface area contributed by atoms with Crippen molar-refractivity contribution in [1.29, 1.82) is 0 Å². The molecule has 0 fully saturated rings. The Labute approximate surface area is 717 Å². The van der Waals surface area contributed by atoms with Crippen molar-refractivity contribution in [2.75, 3.05) is 0 Å². The predicted molar refractivity (Wildman–Crippen MR) is 516 cm³/mol. The number of rotatable bonds is 4. The fraction of sp³-hybridized carbons (Fsp3) is 0.0333. The van der Waals surface area contributed by atoms with Gasteiger partial charge >= 0.3 is 0 Å². The summed E-state index contributed by atoms with van der Waals surface area (Å²) in [5, 5.41) is 0. The molecule has 29 rings (SSSR count). The molecule has 3 aromatic heterocycles. The van der Waals surface area contributed by atoms with Gasteiger partial charge in [0.1, 0.15) is 0 Å². The molecule has 4 spiro atoms. The number of allylic oxidation sites excluding steroid dienone is 40. The predicted octanol–water partition coefficient (Wildman–Crippen LogP) is 28.3. The minimum absolute atomic E-state index is 0.824. The van der Waals surface area contributed by atoms with Crippen molar-refractivity contribution in [3.05, 3.63) is 519 Å². The summed E-state index contributed by atoms with van der Waals surface area (Å²) in [5.74, 6) is 0. The maximum atomic E-state index is 6.45. The molecule has 5 heterocycles. The van der Waals surface area contributed by atoms with Crippen LogP contribution in [0.15, 0.2) is 384 Å². The SMILES string of the molecule is C1=CC2(C3=Cc4ccccc4C3=C1)C1=Cc3ccccc3C1=CC=C2c1c2nc(c(C3=CC=C4C(=Cc5ccccc54)C34C=CC=C3C4=Cc4ccccc43)c3ccc([nH]3)c(C3=CC=C4C(=Cc5ccccc54)C34C=CC=C3C4=Cc4ccccc43)c3nc(c(C4=CC=C5C(=Cc6ccccc65)C45C=CC=C4C5=Cc5ccccc54)c4ccc1[nH]4)C=C3)C=C2. The fourth-order valence-electron chi connectivity index (χ4n) is 24.6. The third-order valence-corrected chi connectivity index (χ3v) is 29.8. The Morgan fingerprint density at radius 2 is 0.355 bits per heavy atom. The summed E-state index contributed by atoms with van der Waals surface area (Å²) in [6.45, 7) is 0. The Bertz CT molecular complexity index is 7250. The van der Waals surface area contributed by atoms with Gasteiger partial charge in [-0.2, -0.15) is 0 Å². The first kappa shape index (κ1) is 67.0. The van der Waals surface area contributed by atoms with E-state index in [0.717, 1.165) is 89.4 Å². The second-order valence-corrected chi connectivity index (χ2v) is 35.3. The van der Waals surface area contributed by atoms with E-state index in [-0.39, 0.29) is 0 Å². The number of benzene rings is 8. The second kappa shape index (κ2) is 24.0. The summed E-state index contributed by atoms with van der Waals surface area (Å²) in [7, 11) is 0. The van der Waals surface area contributed by atoms with E-state index in [1.54, 1.807) is 0 Å². The molecular weight excluding hydrogens is 1500 g/mol. The molecule has 2 aliphatic heterocycles. The van der Waals surface area contributed by atoms with Crippen LogP contribution in [-0.4, -0.2) is 19.9 Å². The largest absolute Gasteiger partial charge is 0.354 e. The Kier molecular flexibility index (Phi) is 13.0. The van der Waals surface area contributed by atoms with Gasteiger partial charge in [0, 0.05) is 44.3 Å². The summed E-state index contributed by atoms with van der Waals surface area (Å²) in [5.41, 5.74) is 51.6. The Morgan fingerprint density at radius 3 is 0.548 bits per heavy atom. The molecule has 2 N–H and O–H groups in total. The van der Waals surface area contributed by atoms with Crippen LogP contribution < -0.4 is 0 Å². The monoisotopic (exact) mass is 1570 g/mol.